The minimum Gasteiger partial charge on any atom is -0.319 e. The number of hydrogen-bond donors (Lipinski definition) is 0. The average molecular weight is 292 g/mol. The number of pyridine rings is 1. The van der Waals surface area contributed by atoms with Crippen molar-refractivity contribution in [2.45, 2.75) is 13.8 Å². The summed E-state index contributed by atoms with van der Waals surface area (Å²) in [5, 5.41) is 0. The van der Waals surface area contributed by atoms with Gasteiger partial charge in [-0.1, -0.05) is 28.1 Å². The van der Waals surface area contributed by atoms with Gasteiger partial charge in [0.05, 0.1) is 0 Å². The maximum atomic E-state index is 11.6. The molecule has 0 radical (unpaired) electrons. The summed E-state index contributed by atoms with van der Waals surface area (Å²) >= 11 is 3.55. The van der Waals surface area contributed by atoms with Crippen LogP contribution in [0.2, 0.25) is 0 Å². The molecule has 2 nitrogen and oxygen atoms in total. The van der Waals surface area contributed by atoms with Gasteiger partial charge in [0, 0.05) is 23.8 Å². The molecule has 1 aromatic carbocycles. The van der Waals surface area contributed by atoms with E-state index in [4.69, 9.17) is 0 Å². The molecule has 0 saturated carbocycles. The largest absolute Gasteiger partial charge is 0.319 e. The monoisotopic (exact) mass is 291 g/mol. The summed E-state index contributed by atoms with van der Waals surface area (Å²) in [4.78, 5) is 11.6. The molecule has 2 rings (SSSR count). The highest BCUT2D eigenvalue weighted by molar-refractivity contribution is 9.10. The second-order valence-electron chi connectivity index (χ2n) is 4.29. The summed E-state index contributed by atoms with van der Waals surface area (Å²) in [5.74, 6) is 0. The summed E-state index contributed by atoms with van der Waals surface area (Å²) in [5.41, 5.74) is 4.43. The number of aromatic nitrogens is 1. The van der Waals surface area contributed by atoms with Crippen LogP contribution in [-0.4, -0.2) is 4.57 Å². The van der Waals surface area contributed by atoms with E-state index in [1.54, 1.807) is 23.9 Å². The van der Waals surface area contributed by atoms with Crippen LogP contribution in [0.3, 0.4) is 0 Å². The minimum atomic E-state index is 0.0146. The van der Waals surface area contributed by atoms with Gasteiger partial charge in [0.15, 0.2) is 0 Å². The highest BCUT2D eigenvalue weighted by Gasteiger charge is 2.05. The van der Waals surface area contributed by atoms with E-state index in [9.17, 15) is 4.79 Å². The molecular formula is C14H14BrNO. The third kappa shape index (κ3) is 2.34. The molecule has 17 heavy (non-hydrogen) atoms. The van der Waals surface area contributed by atoms with Gasteiger partial charge < -0.3 is 4.57 Å². The third-order valence-electron chi connectivity index (χ3n) is 2.87. The lowest BCUT2D eigenvalue weighted by molar-refractivity contribution is 0.861. The molecule has 1 aromatic heterocycles. The van der Waals surface area contributed by atoms with Crippen LogP contribution in [0.15, 0.2) is 39.7 Å². The Morgan fingerprint density at radius 2 is 1.65 bits per heavy atom. The van der Waals surface area contributed by atoms with E-state index in [0.29, 0.717) is 0 Å². The molecule has 0 unspecified atom stereocenters. The lowest BCUT2D eigenvalue weighted by atomic mass is 10.0. The molecule has 0 spiro atoms. The van der Waals surface area contributed by atoms with Crippen LogP contribution < -0.4 is 5.56 Å². The Hall–Kier alpha value is -1.35. The Bertz CT molecular complexity index is 605. The molecule has 0 atom stereocenters. The molecule has 0 amide bonds. The van der Waals surface area contributed by atoms with Crippen molar-refractivity contribution in [2.24, 2.45) is 7.05 Å². The van der Waals surface area contributed by atoms with Crippen molar-refractivity contribution in [1.82, 2.24) is 4.57 Å². The SMILES string of the molecule is Cc1cc(-c2ccn(C)c(=O)c2)cc(C)c1Br. The third-order valence-corrected chi connectivity index (χ3v) is 4.12. The van der Waals surface area contributed by atoms with Crippen molar-refractivity contribution in [1.29, 1.82) is 0 Å². The Morgan fingerprint density at radius 3 is 2.18 bits per heavy atom. The van der Waals surface area contributed by atoms with Gasteiger partial charge in [0.2, 0.25) is 0 Å². The fraction of sp³-hybridized carbons (Fsp3) is 0.214. The molecule has 0 aliphatic carbocycles. The van der Waals surface area contributed by atoms with Crippen LogP contribution in [0.1, 0.15) is 11.1 Å². The van der Waals surface area contributed by atoms with Crippen LogP contribution in [0.25, 0.3) is 11.1 Å². The first-order valence-electron chi connectivity index (χ1n) is 5.43. The van der Waals surface area contributed by atoms with Gasteiger partial charge >= 0.3 is 0 Å². The average Bonchev–Trinajstić information content (AvgIpc) is 2.29. The van der Waals surface area contributed by atoms with Crippen molar-refractivity contribution >= 4 is 15.9 Å². The van der Waals surface area contributed by atoms with Gasteiger partial charge in [-0.3, -0.25) is 4.79 Å². The molecule has 3 heteroatoms. The van der Waals surface area contributed by atoms with Crippen molar-refractivity contribution < 1.29 is 0 Å². The number of halogens is 1. The smallest absolute Gasteiger partial charge is 0.250 e. The lowest BCUT2D eigenvalue weighted by Crippen LogP contribution is -2.14. The predicted octanol–water partition coefficient (Wildman–Crippen LogP) is 3.43. The fourth-order valence-electron chi connectivity index (χ4n) is 1.84. The summed E-state index contributed by atoms with van der Waals surface area (Å²) in [6.07, 6.45) is 1.80. The highest BCUT2D eigenvalue weighted by Crippen LogP contribution is 2.27. The van der Waals surface area contributed by atoms with Crippen LogP contribution in [0.4, 0.5) is 0 Å². The number of rotatable bonds is 1. The topological polar surface area (TPSA) is 22.0 Å². The molecule has 2 aromatic rings. The van der Waals surface area contributed by atoms with Gasteiger partial charge in [-0.2, -0.15) is 0 Å². The predicted molar refractivity (Wildman–Crippen MR) is 74.3 cm³/mol. The van der Waals surface area contributed by atoms with Crippen molar-refractivity contribution in [3.63, 3.8) is 0 Å². The van der Waals surface area contributed by atoms with Crippen molar-refractivity contribution in [3.05, 3.63) is 56.4 Å². The van der Waals surface area contributed by atoms with Crippen LogP contribution in [0.5, 0.6) is 0 Å². The molecule has 1 heterocycles. The number of hydrogen-bond acceptors (Lipinski definition) is 1. The number of aryl methyl sites for hydroxylation is 3. The minimum absolute atomic E-state index is 0.0146. The molecule has 0 aliphatic heterocycles. The number of benzene rings is 1. The Morgan fingerprint density at radius 1 is 1.06 bits per heavy atom. The Kier molecular flexibility index (Phi) is 3.20. The standard InChI is InChI=1S/C14H14BrNO/c1-9-6-12(7-10(2)14(9)15)11-4-5-16(3)13(17)8-11/h4-8H,1-3H3. The van der Waals surface area contributed by atoms with E-state index < -0.39 is 0 Å². The van der Waals surface area contributed by atoms with E-state index in [2.05, 4.69) is 41.9 Å². The maximum Gasteiger partial charge on any atom is 0.250 e. The van der Waals surface area contributed by atoms with Gasteiger partial charge in [-0.25, -0.2) is 0 Å². The molecule has 0 bridgehead atoms. The van der Waals surface area contributed by atoms with E-state index in [0.717, 1.165) is 15.6 Å². The summed E-state index contributed by atoms with van der Waals surface area (Å²) < 4.78 is 2.70. The van der Waals surface area contributed by atoms with E-state index in [1.165, 1.54) is 11.1 Å². The maximum absolute atomic E-state index is 11.6. The van der Waals surface area contributed by atoms with Gasteiger partial charge in [-0.05, 0) is 42.2 Å². The Balaban J connectivity index is 2.61. The molecule has 0 fully saturated rings. The summed E-state index contributed by atoms with van der Waals surface area (Å²) in [6, 6.07) is 7.81. The zero-order valence-corrected chi connectivity index (χ0v) is 11.7. The first-order chi connectivity index (χ1) is 7.99. The van der Waals surface area contributed by atoms with Gasteiger partial charge in [0.25, 0.3) is 5.56 Å². The van der Waals surface area contributed by atoms with Crippen LogP contribution in [0, 0.1) is 13.8 Å². The summed E-state index contributed by atoms with van der Waals surface area (Å²) in [6.45, 7) is 4.11. The van der Waals surface area contributed by atoms with Crippen LogP contribution >= 0.6 is 15.9 Å². The van der Waals surface area contributed by atoms with Gasteiger partial charge in [-0.15, -0.1) is 0 Å². The Labute approximate surface area is 109 Å². The lowest BCUT2D eigenvalue weighted by Gasteiger charge is -2.08. The first kappa shape index (κ1) is 12.1. The normalized spacial score (nSPS) is 10.6. The summed E-state index contributed by atoms with van der Waals surface area (Å²) in [7, 11) is 1.75. The quantitative estimate of drug-likeness (QED) is 0.789. The first-order valence-corrected chi connectivity index (χ1v) is 6.22. The van der Waals surface area contributed by atoms with E-state index >= 15 is 0 Å². The molecule has 0 N–H and O–H groups in total. The second kappa shape index (κ2) is 4.49. The van der Waals surface area contributed by atoms with E-state index in [1.807, 2.05) is 6.07 Å². The molecule has 0 aliphatic rings. The zero-order chi connectivity index (χ0) is 12.6. The second-order valence-corrected chi connectivity index (χ2v) is 5.08. The molecule has 0 saturated heterocycles. The van der Waals surface area contributed by atoms with Crippen molar-refractivity contribution in [2.75, 3.05) is 0 Å². The zero-order valence-electron chi connectivity index (χ0n) is 10.1. The van der Waals surface area contributed by atoms with E-state index in [-0.39, 0.29) is 5.56 Å². The molecule has 88 valence electrons. The number of nitrogens with zero attached hydrogens (tertiary/aromatic N) is 1. The fourth-order valence-corrected chi connectivity index (χ4v) is 2.07. The van der Waals surface area contributed by atoms with Gasteiger partial charge in [0.1, 0.15) is 0 Å². The highest BCUT2D eigenvalue weighted by atomic mass is 79.9. The van der Waals surface area contributed by atoms with Crippen LogP contribution in [-0.2, 0) is 7.05 Å². The van der Waals surface area contributed by atoms with Crippen molar-refractivity contribution in [3.8, 4) is 11.1 Å². The molecular weight excluding hydrogens is 278 g/mol.